The Bertz CT molecular complexity index is 326. The zero-order valence-electron chi connectivity index (χ0n) is 11.0. The van der Waals surface area contributed by atoms with Crippen LogP contribution in [0.4, 0.5) is 0 Å². The number of aryl methyl sites for hydroxylation is 1. The minimum absolute atomic E-state index is 0.845. The Labute approximate surface area is 104 Å². The number of nitrogens with zero attached hydrogens (tertiary/aromatic N) is 3. The first-order valence-corrected chi connectivity index (χ1v) is 6.69. The topological polar surface area (TPSA) is 33.1 Å². The summed E-state index contributed by atoms with van der Waals surface area (Å²) in [5.74, 6) is 1.97. The van der Waals surface area contributed by atoms with Crippen LogP contribution in [0.25, 0.3) is 0 Å². The second kappa shape index (κ2) is 6.17. The lowest BCUT2D eigenvalue weighted by Gasteiger charge is -2.31. The molecule has 0 aliphatic carbocycles. The van der Waals surface area contributed by atoms with Crippen molar-refractivity contribution in [1.82, 2.24) is 19.8 Å². The first-order valence-electron chi connectivity index (χ1n) is 6.69. The molecule has 1 N–H and O–H groups in total. The molecule has 1 saturated heterocycles. The number of imidazole rings is 1. The molecule has 1 aromatic rings. The minimum Gasteiger partial charge on any atom is -0.337 e. The molecule has 0 saturated carbocycles. The molecule has 0 aromatic carbocycles. The van der Waals surface area contributed by atoms with Gasteiger partial charge in [-0.3, -0.25) is 0 Å². The molecule has 1 aliphatic rings. The van der Waals surface area contributed by atoms with Gasteiger partial charge in [0.25, 0.3) is 0 Å². The predicted octanol–water partition coefficient (Wildman–Crippen LogP) is 1.24. The van der Waals surface area contributed by atoms with Crippen LogP contribution in [0.15, 0.2) is 12.4 Å². The summed E-state index contributed by atoms with van der Waals surface area (Å²) in [6.45, 7) is 8.01. The monoisotopic (exact) mass is 236 g/mol. The molecule has 1 aromatic heterocycles. The maximum Gasteiger partial charge on any atom is 0.122 e. The van der Waals surface area contributed by atoms with Crippen LogP contribution in [-0.2, 0) is 13.6 Å². The number of hydrogen-bond acceptors (Lipinski definition) is 3. The molecule has 4 nitrogen and oxygen atoms in total. The summed E-state index contributed by atoms with van der Waals surface area (Å²) >= 11 is 0. The quantitative estimate of drug-likeness (QED) is 0.835. The third-order valence-corrected chi connectivity index (χ3v) is 3.79. The summed E-state index contributed by atoms with van der Waals surface area (Å²) in [4.78, 5) is 6.85. The van der Waals surface area contributed by atoms with Gasteiger partial charge in [-0.25, -0.2) is 4.98 Å². The van der Waals surface area contributed by atoms with Crippen LogP contribution < -0.4 is 5.32 Å². The summed E-state index contributed by atoms with van der Waals surface area (Å²) in [6.07, 6.45) is 6.52. The van der Waals surface area contributed by atoms with Gasteiger partial charge in [0.15, 0.2) is 0 Å². The fraction of sp³-hybridized carbons (Fsp3) is 0.769. The van der Waals surface area contributed by atoms with Crippen molar-refractivity contribution in [3.63, 3.8) is 0 Å². The van der Waals surface area contributed by atoms with Gasteiger partial charge in [0, 0.05) is 19.4 Å². The van der Waals surface area contributed by atoms with Gasteiger partial charge in [-0.05, 0) is 44.9 Å². The van der Waals surface area contributed by atoms with Gasteiger partial charge in [-0.2, -0.15) is 0 Å². The molecular weight excluding hydrogens is 212 g/mol. The highest BCUT2D eigenvalue weighted by molar-refractivity contribution is 4.90. The van der Waals surface area contributed by atoms with Crippen LogP contribution in [-0.4, -0.2) is 40.6 Å². The van der Waals surface area contributed by atoms with E-state index in [0.29, 0.717) is 0 Å². The van der Waals surface area contributed by atoms with Gasteiger partial charge in [0.1, 0.15) is 5.82 Å². The van der Waals surface area contributed by atoms with E-state index in [2.05, 4.69) is 26.7 Å². The SMILES string of the molecule is CCN1CCC(CNCc2nccn2C)CC1. The largest absolute Gasteiger partial charge is 0.337 e. The molecule has 1 fully saturated rings. The summed E-state index contributed by atoms with van der Waals surface area (Å²) in [7, 11) is 2.05. The standard InChI is InChI=1S/C13H24N4/c1-3-17-7-4-12(5-8-17)10-14-11-13-15-6-9-16(13)2/h6,9,12,14H,3-5,7-8,10-11H2,1-2H3. The van der Waals surface area contributed by atoms with Crippen LogP contribution in [0, 0.1) is 5.92 Å². The zero-order chi connectivity index (χ0) is 12.1. The van der Waals surface area contributed by atoms with Crippen LogP contribution in [0.2, 0.25) is 0 Å². The Balaban J connectivity index is 1.65. The van der Waals surface area contributed by atoms with Gasteiger partial charge < -0.3 is 14.8 Å². The van der Waals surface area contributed by atoms with Crippen LogP contribution in [0.3, 0.4) is 0 Å². The highest BCUT2D eigenvalue weighted by Gasteiger charge is 2.17. The van der Waals surface area contributed by atoms with Crippen LogP contribution in [0.5, 0.6) is 0 Å². The van der Waals surface area contributed by atoms with Crippen molar-refractivity contribution in [3.05, 3.63) is 18.2 Å². The molecule has 0 unspecified atom stereocenters. The van der Waals surface area contributed by atoms with Crippen molar-refractivity contribution >= 4 is 0 Å². The third kappa shape index (κ3) is 3.54. The van der Waals surface area contributed by atoms with Crippen molar-refractivity contribution in [3.8, 4) is 0 Å². The first-order chi connectivity index (χ1) is 8.29. The zero-order valence-corrected chi connectivity index (χ0v) is 11.0. The molecule has 0 bridgehead atoms. The Hall–Kier alpha value is -0.870. The van der Waals surface area contributed by atoms with E-state index in [1.165, 1.54) is 32.5 Å². The molecule has 0 spiro atoms. The fourth-order valence-electron chi connectivity index (χ4n) is 2.46. The Morgan fingerprint density at radius 2 is 2.18 bits per heavy atom. The number of piperidine rings is 1. The van der Waals surface area contributed by atoms with Gasteiger partial charge in [-0.1, -0.05) is 6.92 Å². The van der Waals surface area contributed by atoms with Gasteiger partial charge in [0.2, 0.25) is 0 Å². The van der Waals surface area contributed by atoms with Crippen molar-refractivity contribution in [2.45, 2.75) is 26.3 Å². The van der Waals surface area contributed by atoms with Crippen molar-refractivity contribution in [1.29, 1.82) is 0 Å². The number of nitrogens with one attached hydrogen (secondary N) is 1. The highest BCUT2D eigenvalue weighted by Crippen LogP contribution is 2.15. The average Bonchev–Trinajstić information content (AvgIpc) is 2.76. The van der Waals surface area contributed by atoms with Crippen molar-refractivity contribution in [2.24, 2.45) is 13.0 Å². The van der Waals surface area contributed by atoms with E-state index in [-0.39, 0.29) is 0 Å². The summed E-state index contributed by atoms with van der Waals surface area (Å²) < 4.78 is 2.08. The van der Waals surface area contributed by atoms with E-state index in [1.807, 2.05) is 19.4 Å². The van der Waals surface area contributed by atoms with Gasteiger partial charge in [0.05, 0.1) is 6.54 Å². The Morgan fingerprint density at radius 1 is 1.41 bits per heavy atom. The van der Waals surface area contributed by atoms with E-state index >= 15 is 0 Å². The van der Waals surface area contributed by atoms with Gasteiger partial charge >= 0.3 is 0 Å². The highest BCUT2D eigenvalue weighted by atomic mass is 15.1. The summed E-state index contributed by atoms with van der Waals surface area (Å²) in [5, 5.41) is 3.53. The molecule has 17 heavy (non-hydrogen) atoms. The second-order valence-electron chi connectivity index (χ2n) is 4.96. The molecule has 0 atom stereocenters. The molecule has 1 aliphatic heterocycles. The molecule has 0 amide bonds. The molecule has 2 heterocycles. The maximum absolute atomic E-state index is 4.32. The maximum atomic E-state index is 4.32. The predicted molar refractivity (Wildman–Crippen MR) is 69.8 cm³/mol. The average molecular weight is 236 g/mol. The van der Waals surface area contributed by atoms with E-state index in [1.54, 1.807) is 0 Å². The Kier molecular flexibility index (Phi) is 4.57. The molecule has 96 valence electrons. The van der Waals surface area contributed by atoms with Gasteiger partial charge in [-0.15, -0.1) is 0 Å². The van der Waals surface area contributed by atoms with E-state index in [9.17, 15) is 0 Å². The lowest BCUT2D eigenvalue weighted by atomic mass is 9.97. The number of likely N-dealkylation sites (tertiary alicyclic amines) is 1. The third-order valence-electron chi connectivity index (χ3n) is 3.79. The molecule has 0 radical (unpaired) electrons. The molecule has 4 heteroatoms. The van der Waals surface area contributed by atoms with Crippen LogP contribution in [0.1, 0.15) is 25.6 Å². The number of hydrogen-bond donors (Lipinski definition) is 1. The number of rotatable bonds is 5. The van der Waals surface area contributed by atoms with Crippen molar-refractivity contribution < 1.29 is 0 Å². The normalized spacial score (nSPS) is 18.7. The van der Waals surface area contributed by atoms with Crippen molar-refractivity contribution in [2.75, 3.05) is 26.2 Å². The summed E-state index contributed by atoms with van der Waals surface area (Å²) in [6, 6.07) is 0. The van der Waals surface area contributed by atoms with E-state index < -0.39 is 0 Å². The first kappa shape index (κ1) is 12.6. The lowest BCUT2D eigenvalue weighted by molar-refractivity contribution is 0.190. The smallest absolute Gasteiger partial charge is 0.122 e. The summed E-state index contributed by atoms with van der Waals surface area (Å²) in [5.41, 5.74) is 0. The van der Waals surface area contributed by atoms with Crippen LogP contribution >= 0.6 is 0 Å². The fourth-order valence-corrected chi connectivity index (χ4v) is 2.46. The molecule has 2 rings (SSSR count). The number of aromatic nitrogens is 2. The lowest BCUT2D eigenvalue weighted by Crippen LogP contribution is -2.37. The second-order valence-corrected chi connectivity index (χ2v) is 4.96. The molecular formula is C13H24N4. The van der Waals surface area contributed by atoms with E-state index in [4.69, 9.17) is 0 Å². The van der Waals surface area contributed by atoms with E-state index in [0.717, 1.165) is 24.8 Å². The minimum atomic E-state index is 0.845. The Morgan fingerprint density at radius 3 is 2.76 bits per heavy atom.